The van der Waals surface area contributed by atoms with Gasteiger partial charge < -0.3 is 30.0 Å². The molecule has 6 rings (SSSR count). The topological polar surface area (TPSA) is 193 Å². The Morgan fingerprint density at radius 1 is 0.712 bits per heavy atom. The molecule has 0 unspecified atom stereocenters. The number of aryl methyl sites for hydroxylation is 2. The third-order valence-corrected chi connectivity index (χ3v) is 8.11. The first kappa shape index (κ1) is 37.4. The van der Waals surface area contributed by atoms with E-state index >= 15 is 0 Å². The average molecular weight is 837 g/mol. The number of carbonyl (C=O) groups is 2. The van der Waals surface area contributed by atoms with Gasteiger partial charge in [0.2, 0.25) is 11.9 Å². The standard InChI is InChI=1S/C18H18BrN5O3.C16H14BrN5O3/c1-4-27-17(25)15-10-14(23-24(15)2)12-7-8-20-18(21-12)22-13-6-5-11(19)9-16(13)26-3;1-22-13(15(23)24)8-12(21-22)10-5-6-18-16(19-10)20-11-4-3-9(17)7-14(11)25-2/h5-10H,4H2,1-3H3,(H,20,21,22);3-8H,1-2H3,(H,23,24)(H,18,19,20). The fraction of sp³-hybridized carbons (Fsp3) is 0.176. The molecule has 0 saturated carbocycles. The van der Waals surface area contributed by atoms with E-state index in [1.807, 2.05) is 36.4 Å². The molecule has 3 N–H and O–H groups in total. The second-order valence-electron chi connectivity index (χ2n) is 10.6. The number of rotatable bonds is 11. The molecule has 0 atom stereocenters. The second-order valence-corrected chi connectivity index (χ2v) is 12.4. The molecule has 6 aromatic rings. The van der Waals surface area contributed by atoms with Crippen molar-refractivity contribution in [3.8, 4) is 34.3 Å². The number of carbonyl (C=O) groups excluding carboxylic acids is 1. The summed E-state index contributed by atoms with van der Waals surface area (Å²) in [6.45, 7) is 2.06. The Labute approximate surface area is 314 Å². The number of halogens is 2. The number of aromatic nitrogens is 8. The van der Waals surface area contributed by atoms with Crippen molar-refractivity contribution in [1.82, 2.24) is 39.5 Å². The number of hydrogen-bond acceptors (Lipinski definition) is 13. The molecule has 0 spiro atoms. The first-order valence-corrected chi connectivity index (χ1v) is 16.9. The maximum Gasteiger partial charge on any atom is 0.356 e. The number of esters is 1. The Kier molecular flexibility index (Phi) is 12.1. The highest BCUT2D eigenvalue weighted by molar-refractivity contribution is 9.10. The molecule has 0 aliphatic rings. The van der Waals surface area contributed by atoms with Crippen LogP contribution in [0.1, 0.15) is 27.9 Å². The molecule has 0 fully saturated rings. The van der Waals surface area contributed by atoms with Crippen molar-refractivity contribution < 1.29 is 28.9 Å². The van der Waals surface area contributed by atoms with Crippen LogP contribution in [-0.2, 0) is 18.8 Å². The molecule has 2 aromatic carbocycles. The lowest BCUT2D eigenvalue weighted by Crippen LogP contribution is -2.10. The van der Waals surface area contributed by atoms with Gasteiger partial charge in [0.15, 0.2) is 0 Å². The molecule has 0 bridgehead atoms. The summed E-state index contributed by atoms with van der Waals surface area (Å²) in [7, 11) is 6.42. The lowest BCUT2D eigenvalue weighted by Gasteiger charge is -2.10. The minimum absolute atomic E-state index is 0.0812. The van der Waals surface area contributed by atoms with Gasteiger partial charge in [-0.1, -0.05) is 31.9 Å². The smallest absolute Gasteiger partial charge is 0.356 e. The largest absolute Gasteiger partial charge is 0.495 e. The first-order valence-electron chi connectivity index (χ1n) is 15.4. The highest BCUT2D eigenvalue weighted by atomic mass is 79.9. The zero-order chi connectivity index (χ0) is 37.4. The highest BCUT2D eigenvalue weighted by Crippen LogP contribution is 2.31. The van der Waals surface area contributed by atoms with Gasteiger partial charge in [-0.2, -0.15) is 10.2 Å². The van der Waals surface area contributed by atoms with Gasteiger partial charge in [-0.15, -0.1) is 0 Å². The number of nitrogens with zero attached hydrogens (tertiary/aromatic N) is 8. The Bertz CT molecular complexity index is 2230. The lowest BCUT2D eigenvalue weighted by molar-refractivity contribution is 0.0513. The van der Waals surface area contributed by atoms with Crippen molar-refractivity contribution in [3.63, 3.8) is 0 Å². The van der Waals surface area contributed by atoms with E-state index in [1.54, 1.807) is 65.8 Å². The fourth-order valence-corrected chi connectivity index (χ4v) is 5.36. The van der Waals surface area contributed by atoms with Crippen molar-refractivity contribution in [2.75, 3.05) is 31.5 Å². The molecule has 52 heavy (non-hydrogen) atoms. The summed E-state index contributed by atoms with van der Waals surface area (Å²) in [6.07, 6.45) is 3.19. The monoisotopic (exact) mass is 834 g/mol. The number of nitrogens with one attached hydrogen (secondary N) is 2. The predicted octanol–water partition coefficient (Wildman–Crippen LogP) is 6.66. The van der Waals surface area contributed by atoms with Gasteiger partial charge in [-0.25, -0.2) is 29.5 Å². The molecule has 0 aliphatic carbocycles. The Balaban J connectivity index is 0.000000202. The van der Waals surface area contributed by atoms with E-state index in [4.69, 9.17) is 19.3 Å². The van der Waals surface area contributed by atoms with Crippen LogP contribution >= 0.6 is 31.9 Å². The third-order valence-electron chi connectivity index (χ3n) is 7.12. The maximum absolute atomic E-state index is 12.0. The van der Waals surface area contributed by atoms with E-state index in [2.05, 4.69) is 72.6 Å². The Morgan fingerprint density at radius 3 is 1.60 bits per heavy atom. The summed E-state index contributed by atoms with van der Waals surface area (Å²) in [4.78, 5) is 40.4. The molecule has 0 aliphatic heterocycles. The van der Waals surface area contributed by atoms with Crippen LogP contribution < -0.4 is 20.1 Å². The molecule has 4 aromatic heterocycles. The van der Waals surface area contributed by atoms with E-state index in [1.165, 1.54) is 15.4 Å². The van der Waals surface area contributed by atoms with Crippen molar-refractivity contribution in [2.45, 2.75) is 6.92 Å². The maximum atomic E-state index is 12.0. The van der Waals surface area contributed by atoms with E-state index in [9.17, 15) is 9.59 Å². The number of methoxy groups -OCH3 is 2. The van der Waals surface area contributed by atoms with Crippen LogP contribution in [-0.4, -0.2) is 77.4 Å². The fourth-order valence-electron chi connectivity index (χ4n) is 4.68. The molecular weight excluding hydrogens is 804 g/mol. The van der Waals surface area contributed by atoms with E-state index in [0.717, 1.165) is 14.6 Å². The molecule has 16 nitrogen and oxygen atoms in total. The molecule has 18 heteroatoms. The quantitative estimate of drug-likeness (QED) is 0.117. The van der Waals surface area contributed by atoms with Crippen LogP contribution in [0.15, 0.2) is 82.0 Å². The Morgan fingerprint density at radius 2 is 1.17 bits per heavy atom. The van der Waals surface area contributed by atoms with Crippen LogP contribution in [0.4, 0.5) is 23.3 Å². The minimum atomic E-state index is -1.05. The second kappa shape index (κ2) is 16.9. The molecule has 0 amide bonds. The highest BCUT2D eigenvalue weighted by Gasteiger charge is 2.17. The number of carboxylic acids is 1. The number of ether oxygens (including phenoxy) is 3. The number of aromatic carboxylic acids is 1. The van der Waals surface area contributed by atoms with Crippen LogP contribution in [0.3, 0.4) is 0 Å². The zero-order valence-corrected chi connectivity index (χ0v) is 31.6. The summed E-state index contributed by atoms with van der Waals surface area (Å²) < 4.78 is 20.3. The van der Waals surface area contributed by atoms with Gasteiger partial charge in [0.1, 0.15) is 34.3 Å². The van der Waals surface area contributed by atoms with E-state index < -0.39 is 11.9 Å². The van der Waals surface area contributed by atoms with Crippen LogP contribution in [0, 0.1) is 0 Å². The van der Waals surface area contributed by atoms with Gasteiger partial charge in [0.25, 0.3) is 0 Å². The van der Waals surface area contributed by atoms with Gasteiger partial charge in [-0.3, -0.25) is 9.36 Å². The molecule has 4 heterocycles. The third kappa shape index (κ3) is 9.07. The predicted molar refractivity (Wildman–Crippen MR) is 199 cm³/mol. The average Bonchev–Trinajstić information content (AvgIpc) is 3.73. The summed E-state index contributed by atoms with van der Waals surface area (Å²) in [5, 5.41) is 23.9. The van der Waals surface area contributed by atoms with Crippen LogP contribution in [0.5, 0.6) is 11.5 Å². The van der Waals surface area contributed by atoms with Gasteiger partial charge >= 0.3 is 11.9 Å². The van der Waals surface area contributed by atoms with Gasteiger partial charge in [0, 0.05) is 47.6 Å². The SMILES string of the molecule is CCOC(=O)c1cc(-c2ccnc(Nc3ccc(Br)cc3OC)n2)nn1C.COc1cc(Br)ccc1Nc1nccc(-c2cc(C(=O)O)n(C)n2)n1. The molecule has 268 valence electrons. The summed E-state index contributed by atoms with van der Waals surface area (Å²) in [5.41, 5.74) is 3.96. The number of carboxylic acid groups (broad SMARTS) is 1. The zero-order valence-electron chi connectivity index (χ0n) is 28.5. The lowest BCUT2D eigenvalue weighted by atomic mass is 10.2. The van der Waals surface area contributed by atoms with Crippen LogP contribution in [0.25, 0.3) is 22.8 Å². The number of anilines is 4. The van der Waals surface area contributed by atoms with Crippen molar-refractivity contribution >= 4 is 67.1 Å². The van der Waals surface area contributed by atoms with E-state index in [-0.39, 0.29) is 5.69 Å². The van der Waals surface area contributed by atoms with Gasteiger partial charge in [-0.05, 0) is 55.5 Å². The van der Waals surface area contributed by atoms with Crippen molar-refractivity contribution in [3.05, 3.63) is 93.4 Å². The Hall–Kier alpha value is -5.88. The van der Waals surface area contributed by atoms with E-state index in [0.29, 0.717) is 64.2 Å². The first-order chi connectivity index (χ1) is 25.0. The van der Waals surface area contributed by atoms with Crippen molar-refractivity contribution in [2.24, 2.45) is 14.1 Å². The number of hydrogen-bond donors (Lipinski definition) is 3. The van der Waals surface area contributed by atoms with Crippen LogP contribution in [0.2, 0.25) is 0 Å². The van der Waals surface area contributed by atoms with Gasteiger partial charge in [0.05, 0.1) is 43.6 Å². The molecular formula is C34H32Br2N10O6. The molecule has 0 radical (unpaired) electrons. The minimum Gasteiger partial charge on any atom is -0.495 e. The normalized spacial score (nSPS) is 10.5. The van der Waals surface area contributed by atoms with Crippen molar-refractivity contribution in [1.29, 1.82) is 0 Å². The summed E-state index contributed by atoms with van der Waals surface area (Å²) in [6, 6.07) is 17.6. The molecule has 0 saturated heterocycles. The number of benzene rings is 2. The summed E-state index contributed by atoms with van der Waals surface area (Å²) in [5.74, 6) is 0.548. The summed E-state index contributed by atoms with van der Waals surface area (Å²) >= 11 is 6.80.